The molecule has 0 aliphatic heterocycles. The fourth-order valence-corrected chi connectivity index (χ4v) is 2.99. The number of rotatable bonds is 3. The van der Waals surface area contributed by atoms with Gasteiger partial charge in [0.25, 0.3) is 0 Å². The molecule has 1 aliphatic rings. The highest BCUT2D eigenvalue weighted by Crippen LogP contribution is 2.37. The van der Waals surface area contributed by atoms with E-state index in [1.165, 1.54) is 6.07 Å². The van der Waals surface area contributed by atoms with Gasteiger partial charge in [-0.2, -0.15) is 4.98 Å². The molecule has 0 spiro atoms. The van der Waals surface area contributed by atoms with Crippen LogP contribution in [0.3, 0.4) is 0 Å². The van der Waals surface area contributed by atoms with E-state index in [0.29, 0.717) is 17.3 Å². The lowest BCUT2D eigenvalue weighted by atomic mass is 9.84. The first-order chi connectivity index (χ1) is 9.93. The fourth-order valence-electron chi connectivity index (χ4n) is 2.99. The Morgan fingerprint density at radius 3 is 2.57 bits per heavy atom. The van der Waals surface area contributed by atoms with Gasteiger partial charge in [-0.05, 0) is 32.8 Å². The Hall–Kier alpha value is -1.75. The van der Waals surface area contributed by atoms with Crippen LogP contribution in [0.5, 0.6) is 0 Å². The number of benzene rings is 1. The first kappa shape index (κ1) is 14.2. The van der Waals surface area contributed by atoms with Gasteiger partial charge in [0.15, 0.2) is 5.82 Å². The van der Waals surface area contributed by atoms with Crippen LogP contribution in [0.1, 0.15) is 56.8 Å². The Labute approximate surface area is 123 Å². The molecule has 2 aromatic rings. The van der Waals surface area contributed by atoms with Crippen LogP contribution in [0.2, 0.25) is 0 Å². The molecule has 0 atom stereocenters. The van der Waals surface area contributed by atoms with Gasteiger partial charge < -0.3 is 10.3 Å². The summed E-state index contributed by atoms with van der Waals surface area (Å²) in [6.07, 6.45) is 3.90. The molecule has 1 aromatic heterocycles. The van der Waals surface area contributed by atoms with Crippen molar-refractivity contribution in [3.8, 4) is 0 Å². The Morgan fingerprint density at radius 2 is 1.90 bits per heavy atom. The van der Waals surface area contributed by atoms with Gasteiger partial charge in [-0.1, -0.05) is 36.2 Å². The predicted molar refractivity (Wildman–Crippen MR) is 77.2 cm³/mol. The minimum absolute atomic E-state index is 0.273. The van der Waals surface area contributed by atoms with Crippen LogP contribution >= 0.6 is 0 Å². The van der Waals surface area contributed by atoms with Gasteiger partial charge in [-0.3, -0.25) is 0 Å². The maximum absolute atomic E-state index is 14.0. The molecule has 112 valence electrons. The van der Waals surface area contributed by atoms with Crippen LogP contribution in [0, 0.1) is 5.82 Å². The highest BCUT2D eigenvalue weighted by atomic mass is 19.1. The van der Waals surface area contributed by atoms with Crippen LogP contribution in [0.25, 0.3) is 0 Å². The summed E-state index contributed by atoms with van der Waals surface area (Å²) < 4.78 is 19.4. The summed E-state index contributed by atoms with van der Waals surface area (Å²) >= 11 is 0. The lowest BCUT2D eigenvalue weighted by molar-refractivity contribution is 0.315. The van der Waals surface area contributed by atoms with E-state index in [2.05, 4.69) is 10.1 Å². The van der Waals surface area contributed by atoms with E-state index in [1.54, 1.807) is 18.2 Å². The zero-order valence-electron chi connectivity index (χ0n) is 12.4. The average molecular weight is 289 g/mol. The molecule has 0 amide bonds. The van der Waals surface area contributed by atoms with E-state index in [-0.39, 0.29) is 5.82 Å². The summed E-state index contributed by atoms with van der Waals surface area (Å²) in [5.74, 6) is 0.671. The van der Waals surface area contributed by atoms with Crippen molar-refractivity contribution in [1.82, 2.24) is 10.1 Å². The molecule has 0 unspecified atom stereocenters. The maximum Gasteiger partial charge on any atom is 0.236 e. The summed E-state index contributed by atoms with van der Waals surface area (Å²) in [5.41, 5.74) is 5.70. The molecule has 3 rings (SSSR count). The third-order valence-corrected chi connectivity index (χ3v) is 4.45. The second kappa shape index (κ2) is 4.91. The van der Waals surface area contributed by atoms with Gasteiger partial charge in [0.2, 0.25) is 5.89 Å². The Bertz CT molecular complexity index is 644. The minimum atomic E-state index is -0.689. The summed E-state index contributed by atoms with van der Waals surface area (Å²) in [7, 11) is 0. The largest absolute Gasteiger partial charge is 0.338 e. The number of aromatic nitrogens is 2. The molecule has 1 aromatic carbocycles. The molecule has 0 radical (unpaired) electrons. The van der Waals surface area contributed by atoms with Crippen LogP contribution in [0.4, 0.5) is 4.39 Å². The predicted octanol–water partition coefficient (Wildman–Crippen LogP) is 3.26. The van der Waals surface area contributed by atoms with Crippen molar-refractivity contribution in [3.05, 3.63) is 47.4 Å². The smallest absolute Gasteiger partial charge is 0.236 e. The van der Waals surface area contributed by atoms with Crippen molar-refractivity contribution in [1.29, 1.82) is 0 Å². The zero-order valence-corrected chi connectivity index (χ0v) is 12.4. The van der Waals surface area contributed by atoms with E-state index in [0.717, 1.165) is 25.7 Å². The van der Waals surface area contributed by atoms with Gasteiger partial charge in [-0.25, -0.2) is 4.39 Å². The fraction of sp³-hybridized carbons (Fsp3) is 0.500. The summed E-state index contributed by atoms with van der Waals surface area (Å²) in [6, 6.07) is 6.66. The van der Waals surface area contributed by atoms with E-state index in [9.17, 15) is 4.39 Å². The number of nitrogens with two attached hydrogens (primary N) is 1. The first-order valence-electron chi connectivity index (χ1n) is 7.32. The maximum atomic E-state index is 14.0. The Balaban J connectivity index is 1.97. The third kappa shape index (κ3) is 2.35. The molecular formula is C16H20FN3O. The van der Waals surface area contributed by atoms with Gasteiger partial charge in [0, 0.05) is 5.56 Å². The van der Waals surface area contributed by atoms with Gasteiger partial charge in [0.1, 0.15) is 5.82 Å². The minimum Gasteiger partial charge on any atom is -0.338 e. The van der Waals surface area contributed by atoms with Crippen molar-refractivity contribution < 1.29 is 8.91 Å². The lowest BCUT2D eigenvalue weighted by Crippen LogP contribution is -2.34. The molecule has 1 fully saturated rings. The summed E-state index contributed by atoms with van der Waals surface area (Å²) in [4.78, 5) is 4.48. The molecule has 2 N–H and O–H groups in total. The van der Waals surface area contributed by atoms with E-state index < -0.39 is 11.0 Å². The van der Waals surface area contributed by atoms with E-state index in [4.69, 9.17) is 10.3 Å². The lowest BCUT2D eigenvalue weighted by Gasteiger charge is -2.21. The number of nitrogens with zero attached hydrogens (tertiary/aromatic N) is 2. The van der Waals surface area contributed by atoms with Crippen molar-refractivity contribution in [2.75, 3.05) is 0 Å². The van der Waals surface area contributed by atoms with Crippen LogP contribution < -0.4 is 5.73 Å². The molecule has 1 aliphatic carbocycles. The van der Waals surface area contributed by atoms with Gasteiger partial charge in [0.05, 0.1) is 11.0 Å². The normalized spacial score (nSPS) is 18.1. The molecule has 5 heteroatoms. The van der Waals surface area contributed by atoms with Crippen LogP contribution in [0.15, 0.2) is 28.8 Å². The topological polar surface area (TPSA) is 64.9 Å². The second-order valence-electron chi connectivity index (χ2n) is 6.39. The Morgan fingerprint density at radius 1 is 1.24 bits per heavy atom. The molecule has 4 nitrogen and oxygen atoms in total. The summed E-state index contributed by atoms with van der Waals surface area (Å²) in [5, 5.41) is 4.06. The molecule has 0 bridgehead atoms. The van der Waals surface area contributed by atoms with E-state index in [1.807, 2.05) is 13.8 Å². The van der Waals surface area contributed by atoms with Crippen molar-refractivity contribution in [2.45, 2.75) is 50.5 Å². The molecule has 1 heterocycles. The highest BCUT2D eigenvalue weighted by Gasteiger charge is 2.39. The number of halogens is 1. The average Bonchev–Trinajstić information content (AvgIpc) is 3.08. The third-order valence-electron chi connectivity index (χ3n) is 4.45. The van der Waals surface area contributed by atoms with Crippen molar-refractivity contribution in [2.24, 2.45) is 5.73 Å². The Kier molecular flexibility index (Phi) is 3.32. The van der Waals surface area contributed by atoms with Crippen LogP contribution in [-0.2, 0) is 11.0 Å². The quantitative estimate of drug-likeness (QED) is 0.942. The molecular weight excluding hydrogens is 269 g/mol. The van der Waals surface area contributed by atoms with Crippen molar-refractivity contribution in [3.63, 3.8) is 0 Å². The SMILES string of the molecule is CC(C)(c1nc(C2(N)CCCC2)no1)c1ccccc1F. The van der Waals surface area contributed by atoms with E-state index >= 15 is 0 Å². The first-order valence-corrected chi connectivity index (χ1v) is 7.32. The number of hydrogen-bond donors (Lipinski definition) is 1. The summed E-state index contributed by atoms with van der Waals surface area (Å²) in [6.45, 7) is 3.75. The van der Waals surface area contributed by atoms with Crippen LogP contribution in [-0.4, -0.2) is 10.1 Å². The number of hydrogen-bond acceptors (Lipinski definition) is 4. The zero-order chi connectivity index (χ0) is 15.1. The van der Waals surface area contributed by atoms with Gasteiger partial charge in [-0.15, -0.1) is 0 Å². The molecule has 21 heavy (non-hydrogen) atoms. The van der Waals surface area contributed by atoms with Crippen molar-refractivity contribution >= 4 is 0 Å². The molecule has 0 saturated heterocycles. The highest BCUT2D eigenvalue weighted by molar-refractivity contribution is 5.31. The molecule has 1 saturated carbocycles. The monoisotopic (exact) mass is 289 g/mol. The van der Waals surface area contributed by atoms with Gasteiger partial charge >= 0.3 is 0 Å². The standard InChI is InChI=1S/C16H20FN3O/c1-15(2,11-7-3-4-8-12(11)17)14-19-13(20-21-14)16(18)9-5-6-10-16/h3-4,7-8H,5-6,9-10,18H2,1-2H3. The second-order valence-corrected chi connectivity index (χ2v) is 6.39.